The molecule has 68 valence electrons. The number of hydrazine groups is 1. The van der Waals surface area contributed by atoms with Gasteiger partial charge < -0.3 is 0 Å². The van der Waals surface area contributed by atoms with Crippen LogP contribution in [0.5, 0.6) is 0 Å². The molecule has 0 aromatic rings. The summed E-state index contributed by atoms with van der Waals surface area (Å²) in [5.41, 5.74) is 3.27. The first-order valence-corrected chi connectivity index (χ1v) is 4.31. The van der Waals surface area contributed by atoms with E-state index in [9.17, 15) is 0 Å². The summed E-state index contributed by atoms with van der Waals surface area (Å²) in [7, 11) is 0. The van der Waals surface area contributed by atoms with Crippen LogP contribution in [-0.4, -0.2) is 5.54 Å². The molecule has 3 N–H and O–H groups in total. The van der Waals surface area contributed by atoms with Crippen LogP contribution >= 0.6 is 0 Å². The predicted octanol–water partition coefficient (Wildman–Crippen LogP) is 2.05. The average molecular weight is 158 g/mol. The lowest BCUT2D eigenvalue weighted by atomic mass is 9.78. The van der Waals surface area contributed by atoms with Gasteiger partial charge in [0.1, 0.15) is 0 Å². The van der Waals surface area contributed by atoms with E-state index < -0.39 is 0 Å². The van der Waals surface area contributed by atoms with Crippen molar-refractivity contribution in [3.8, 4) is 0 Å². The van der Waals surface area contributed by atoms with Gasteiger partial charge >= 0.3 is 0 Å². The van der Waals surface area contributed by atoms with Crippen molar-refractivity contribution in [2.24, 2.45) is 11.3 Å². The number of nitrogens with two attached hydrogens (primary N) is 1. The van der Waals surface area contributed by atoms with Gasteiger partial charge in [0.2, 0.25) is 0 Å². The summed E-state index contributed by atoms with van der Waals surface area (Å²) in [4.78, 5) is 0. The quantitative estimate of drug-likeness (QED) is 0.485. The Balaban J connectivity index is 4.02. The van der Waals surface area contributed by atoms with Crippen LogP contribution in [0.2, 0.25) is 0 Å². The Hall–Kier alpha value is -0.0800. The zero-order valence-corrected chi connectivity index (χ0v) is 8.49. The Morgan fingerprint density at radius 1 is 1.18 bits per heavy atom. The summed E-state index contributed by atoms with van der Waals surface area (Å²) in [5.74, 6) is 5.42. The Labute approximate surface area is 70.5 Å². The first-order valence-electron chi connectivity index (χ1n) is 4.31. The zero-order valence-electron chi connectivity index (χ0n) is 8.49. The maximum atomic E-state index is 5.42. The van der Waals surface area contributed by atoms with Gasteiger partial charge in [-0.25, -0.2) is 0 Å². The molecule has 0 rings (SSSR count). The van der Waals surface area contributed by atoms with Crippen LogP contribution in [-0.2, 0) is 0 Å². The lowest BCUT2D eigenvalue weighted by molar-refractivity contribution is 0.217. The smallest absolute Gasteiger partial charge is 0.0270 e. The first kappa shape index (κ1) is 10.9. The molecule has 2 heteroatoms. The minimum atomic E-state index is 0.0551. The molecule has 0 aliphatic rings. The average Bonchev–Trinajstić information content (AvgIpc) is 1.86. The van der Waals surface area contributed by atoms with Gasteiger partial charge in [-0.3, -0.25) is 11.3 Å². The molecular formula is C9H22N2. The fraction of sp³-hybridized carbons (Fsp3) is 1.00. The van der Waals surface area contributed by atoms with Crippen LogP contribution in [0.15, 0.2) is 0 Å². The van der Waals surface area contributed by atoms with Crippen molar-refractivity contribution in [3.05, 3.63) is 0 Å². The Kier molecular flexibility index (Phi) is 3.52. The highest BCUT2D eigenvalue weighted by Gasteiger charge is 2.25. The van der Waals surface area contributed by atoms with Crippen LogP contribution in [0.4, 0.5) is 0 Å². The standard InChI is InChI=1S/C9H22N2/c1-6-8(2,3)7-9(4,5)11-10/h11H,6-7,10H2,1-5H3. The summed E-state index contributed by atoms with van der Waals surface area (Å²) >= 11 is 0. The van der Waals surface area contributed by atoms with E-state index in [1.54, 1.807) is 0 Å². The Morgan fingerprint density at radius 2 is 1.64 bits per heavy atom. The molecule has 0 aromatic carbocycles. The van der Waals surface area contributed by atoms with Crippen LogP contribution in [0, 0.1) is 5.41 Å². The van der Waals surface area contributed by atoms with E-state index in [2.05, 4.69) is 40.0 Å². The molecule has 0 unspecified atom stereocenters. The zero-order chi connectivity index (χ0) is 9.12. The van der Waals surface area contributed by atoms with Crippen molar-refractivity contribution in [3.63, 3.8) is 0 Å². The summed E-state index contributed by atoms with van der Waals surface area (Å²) in [6.45, 7) is 11.0. The van der Waals surface area contributed by atoms with E-state index in [4.69, 9.17) is 5.84 Å². The molecule has 0 fully saturated rings. The maximum Gasteiger partial charge on any atom is 0.0270 e. The highest BCUT2D eigenvalue weighted by molar-refractivity contribution is 4.82. The third-order valence-corrected chi connectivity index (χ3v) is 2.27. The highest BCUT2D eigenvalue weighted by atomic mass is 15.3. The van der Waals surface area contributed by atoms with Crippen LogP contribution in [0.25, 0.3) is 0 Å². The van der Waals surface area contributed by atoms with Crippen LogP contribution in [0.1, 0.15) is 47.5 Å². The van der Waals surface area contributed by atoms with Crippen molar-refractivity contribution < 1.29 is 0 Å². The second kappa shape index (κ2) is 3.55. The van der Waals surface area contributed by atoms with Crippen molar-refractivity contribution in [2.45, 2.75) is 53.0 Å². The third-order valence-electron chi connectivity index (χ3n) is 2.27. The molecule has 0 radical (unpaired) electrons. The fourth-order valence-electron chi connectivity index (χ4n) is 1.37. The van der Waals surface area contributed by atoms with Gasteiger partial charge in [-0.1, -0.05) is 27.2 Å². The Morgan fingerprint density at radius 3 is 1.91 bits per heavy atom. The lowest BCUT2D eigenvalue weighted by Crippen LogP contribution is -2.46. The number of hydrogen-bond acceptors (Lipinski definition) is 2. The number of rotatable bonds is 4. The van der Waals surface area contributed by atoms with Crippen LogP contribution < -0.4 is 11.3 Å². The number of hydrogen-bond donors (Lipinski definition) is 2. The van der Waals surface area contributed by atoms with E-state index in [-0.39, 0.29) is 5.54 Å². The molecule has 0 heterocycles. The normalized spacial score (nSPS) is 13.6. The molecule has 0 spiro atoms. The van der Waals surface area contributed by atoms with Gasteiger partial charge in [-0.05, 0) is 25.7 Å². The molecular weight excluding hydrogens is 136 g/mol. The fourth-order valence-corrected chi connectivity index (χ4v) is 1.37. The maximum absolute atomic E-state index is 5.42. The predicted molar refractivity (Wildman–Crippen MR) is 50.1 cm³/mol. The van der Waals surface area contributed by atoms with Gasteiger partial charge in [-0.2, -0.15) is 0 Å². The highest BCUT2D eigenvalue weighted by Crippen LogP contribution is 2.30. The summed E-state index contributed by atoms with van der Waals surface area (Å²) < 4.78 is 0. The van der Waals surface area contributed by atoms with Crippen LogP contribution in [0.3, 0.4) is 0 Å². The Bertz CT molecular complexity index is 103. The summed E-state index contributed by atoms with van der Waals surface area (Å²) in [6.07, 6.45) is 2.30. The second-order valence-electron chi connectivity index (χ2n) is 4.72. The van der Waals surface area contributed by atoms with E-state index in [1.807, 2.05) is 0 Å². The monoisotopic (exact) mass is 158 g/mol. The molecule has 0 bridgehead atoms. The largest absolute Gasteiger partial charge is 0.271 e. The molecule has 0 aromatic heterocycles. The summed E-state index contributed by atoms with van der Waals surface area (Å²) in [5, 5.41) is 0. The lowest BCUT2D eigenvalue weighted by Gasteiger charge is -2.33. The summed E-state index contributed by atoms with van der Waals surface area (Å²) in [6, 6.07) is 0. The molecule has 0 amide bonds. The van der Waals surface area contributed by atoms with Crippen molar-refractivity contribution in [1.82, 2.24) is 5.43 Å². The first-order chi connectivity index (χ1) is 4.83. The van der Waals surface area contributed by atoms with Gasteiger partial charge in [0.25, 0.3) is 0 Å². The van der Waals surface area contributed by atoms with Crippen molar-refractivity contribution >= 4 is 0 Å². The molecule has 0 atom stereocenters. The number of nitrogens with one attached hydrogen (secondary N) is 1. The molecule has 2 nitrogen and oxygen atoms in total. The van der Waals surface area contributed by atoms with E-state index >= 15 is 0 Å². The minimum Gasteiger partial charge on any atom is -0.271 e. The third kappa shape index (κ3) is 4.38. The SMILES string of the molecule is CCC(C)(C)CC(C)(C)NN. The van der Waals surface area contributed by atoms with Gasteiger partial charge in [0, 0.05) is 5.54 Å². The van der Waals surface area contributed by atoms with E-state index in [0.29, 0.717) is 5.41 Å². The van der Waals surface area contributed by atoms with E-state index in [1.165, 1.54) is 6.42 Å². The molecule has 0 saturated carbocycles. The van der Waals surface area contributed by atoms with Gasteiger partial charge in [-0.15, -0.1) is 0 Å². The van der Waals surface area contributed by atoms with Crippen molar-refractivity contribution in [1.29, 1.82) is 0 Å². The molecule has 0 aliphatic carbocycles. The molecule has 11 heavy (non-hydrogen) atoms. The van der Waals surface area contributed by atoms with Gasteiger partial charge in [0.05, 0.1) is 0 Å². The van der Waals surface area contributed by atoms with Crippen molar-refractivity contribution in [2.75, 3.05) is 0 Å². The topological polar surface area (TPSA) is 38.0 Å². The minimum absolute atomic E-state index is 0.0551. The second-order valence-corrected chi connectivity index (χ2v) is 4.72. The molecule has 0 aliphatic heterocycles. The molecule has 0 saturated heterocycles. The van der Waals surface area contributed by atoms with Gasteiger partial charge in [0.15, 0.2) is 0 Å². The van der Waals surface area contributed by atoms with E-state index in [0.717, 1.165) is 6.42 Å².